The third kappa shape index (κ3) is 2.90. The van der Waals surface area contributed by atoms with E-state index in [1.54, 1.807) is 12.1 Å². The Morgan fingerprint density at radius 3 is 2.35 bits per heavy atom. The highest BCUT2D eigenvalue weighted by Gasteiger charge is 2.53. The second-order valence-corrected chi connectivity index (χ2v) is 7.90. The van der Waals surface area contributed by atoms with Crippen molar-refractivity contribution in [1.29, 1.82) is 0 Å². The summed E-state index contributed by atoms with van der Waals surface area (Å²) in [6.07, 6.45) is 4.92. The summed E-state index contributed by atoms with van der Waals surface area (Å²) in [6.45, 7) is 1.36. The van der Waals surface area contributed by atoms with Gasteiger partial charge in [-0.15, -0.1) is 0 Å². The van der Waals surface area contributed by atoms with Gasteiger partial charge >= 0.3 is 0 Å². The van der Waals surface area contributed by atoms with Gasteiger partial charge in [0.05, 0.1) is 4.90 Å². The lowest BCUT2D eigenvalue weighted by Crippen LogP contribution is -2.31. The molecule has 2 saturated carbocycles. The number of benzene rings is 1. The van der Waals surface area contributed by atoms with Crippen LogP contribution < -0.4 is 10.0 Å². The Balaban J connectivity index is 1.65. The molecular formula is C15H22N2O2S. The number of hydrogen-bond donors (Lipinski definition) is 2. The SMILES string of the molecule is CNCc1ccc(S(=O)(=O)NCC2(C3CC3)CC2)cc1. The Kier molecular flexibility index (Phi) is 3.60. The molecule has 2 N–H and O–H groups in total. The summed E-state index contributed by atoms with van der Waals surface area (Å²) < 4.78 is 27.4. The molecular weight excluding hydrogens is 272 g/mol. The van der Waals surface area contributed by atoms with Crippen molar-refractivity contribution in [3.8, 4) is 0 Å². The number of nitrogens with one attached hydrogen (secondary N) is 2. The molecule has 0 spiro atoms. The van der Waals surface area contributed by atoms with Crippen molar-refractivity contribution in [3.05, 3.63) is 29.8 Å². The Morgan fingerprint density at radius 1 is 1.20 bits per heavy atom. The van der Waals surface area contributed by atoms with Crippen molar-refractivity contribution in [2.24, 2.45) is 11.3 Å². The highest BCUT2D eigenvalue weighted by molar-refractivity contribution is 7.89. The lowest BCUT2D eigenvalue weighted by Gasteiger charge is -2.15. The first kappa shape index (κ1) is 14.0. The van der Waals surface area contributed by atoms with Gasteiger partial charge in [0.25, 0.3) is 0 Å². The van der Waals surface area contributed by atoms with Gasteiger partial charge in [-0.25, -0.2) is 13.1 Å². The summed E-state index contributed by atoms with van der Waals surface area (Å²) in [6, 6.07) is 7.09. The maximum absolute atomic E-state index is 12.3. The fraction of sp³-hybridized carbons (Fsp3) is 0.600. The van der Waals surface area contributed by atoms with Gasteiger partial charge in [0, 0.05) is 13.1 Å². The number of sulfonamides is 1. The normalized spacial score (nSPS) is 20.9. The van der Waals surface area contributed by atoms with Crippen molar-refractivity contribution in [2.45, 2.75) is 37.1 Å². The van der Waals surface area contributed by atoms with Crippen LogP contribution in [0.5, 0.6) is 0 Å². The second kappa shape index (κ2) is 5.13. The topological polar surface area (TPSA) is 58.2 Å². The molecule has 0 amide bonds. The van der Waals surface area contributed by atoms with E-state index in [1.165, 1.54) is 25.7 Å². The minimum Gasteiger partial charge on any atom is -0.316 e. The van der Waals surface area contributed by atoms with Crippen LogP contribution in [0.3, 0.4) is 0 Å². The standard InChI is InChI=1S/C15H22N2O2S/c1-16-10-12-2-6-14(7-3-12)20(18,19)17-11-15(8-9-15)13-4-5-13/h2-3,6-7,13,16-17H,4-5,8-11H2,1H3. The molecule has 0 aromatic heterocycles. The predicted octanol–water partition coefficient (Wildman–Crippen LogP) is 1.87. The van der Waals surface area contributed by atoms with E-state index in [0.29, 0.717) is 16.9 Å². The molecule has 1 aromatic carbocycles. The fourth-order valence-corrected chi connectivity index (χ4v) is 4.04. The smallest absolute Gasteiger partial charge is 0.240 e. The molecule has 2 fully saturated rings. The Labute approximate surface area is 121 Å². The van der Waals surface area contributed by atoms with Crippen LogP contribution in [0.15, 0.2) is 29.2 Å². The highest BCUT2D eigenvalue weighted by Crippen LogP contribution is 2.60. The summed E-state index contributed by atoms with van der Waals surface area (Å²) >= 11 is 0. The molecule has 0 heterocycles. The zero-order chi connectivity index (χ0) is 14.2. The predicted molar refractivity (Wildman–Crippen MR) is 78.8 cm³/mol. The van der Waals surface area contributed by atoms with E-state index < -0.39 is 10.0 Å². The van der Waals surface area contributed by atoms with E-state index >= 15 is 0 Å². The average Bonchev–Trinajstić information content (AvgIpc) is 3.29. The van der Waals surface area contributed by atoms with Crippen molar-refractivity contribution in [2.75, 3.05) is 13.6 Å². The van der Waals surface area contributed by atoms with E-state index in [0.717, 1.165) is 18.0 Å². The molecule has 0 unspecified atom stereocenters. The van der Waals surface area contributed by atoms with Gasteiger partial charge in [0.2, 0.25) is 10.0 Å². The molecule has 3 rings (SSSR count). The molecule has 4 nitrogen and oxygen atoms in total. The van der Waals surface area contributed by atoms with Crippen molar-refractivity contribution < 1.29 is 8.42 Å². The van der Waals surface area contributed by atoms with Crippen LogP contribution in [0, 0.1) is 11.3 Å². The summed E-state index contributed by atoms with van der Waals surface area (Å²) in [7, 11) is -1.49. The van der Waals surface area contributed by atoms with Crippen LogP contribution >= 0.6 is 0 Å². The lowest BCUT2D eigenvalue weighted by atomic mass is 10.0. The fourth-order valence-electron chi connectivity index (χ4n) is 2.90. The molecule has 20 heavy (non-hydrogen) atoms. The highest BCUT2D eigenvalue weighted by atomic mass is 32.2. The van der Waals surface area contributed by atoms with Crippen molar-refractivity contribution in [1.82, 2.24) is 10.0 Å². The summed E-state index contributed by atoms with van der Waals surface area (Å²) in [5, 5.41) is 3.05. The third-order valence-corrected chi connectivity index (χ3v) is 5.98. The first-order chi connectivity index (χ1) is 9.56. The van der Waals surface area contributed by atoms with Gasteiger partial charge in [0.1, 0.15) is 0 Å². The van der Waals surface area contributed by atoms with Crippen LogP contribution in [0.25, 0.3) is 0 Å². The lowest BCUT2D eigenvalue weighted by molar-refractivity contribution is 0.432. The van der Waals surface area contributed by atoms with Crippen LogP contribution in [-0.4, -0.2) is 22.0 Å². The van der Waals surface area contributed by atoms with E-state index in [-0.39, 0.29) is 0 Å². The molecule has 0 aliphatic heterocycles. The Morgan fingerprint density at radius 2 is 1.85 bits per heavy atom. The summed E-state index contributed by atoms with van der Waals surface area (Å²) in [4.78, 5) is 0.365. The van der Waals surface area contributed by atoms with Crippen LogP contribution in [0.1, 0.15) is 31.2 Å². The van der Waals surface area contributed by atoms with Crippen LogP contribution in [0.2, 0.25) is 0 Å². The van der Waals surface area contributed by atoms with Gasteiger partial charge in [-0.2, -0.15) is 0 Å². The minimum absolute atomic E-state index is 0.291. The van der Waals surface area contributed by atoms with E-state index in [9.17, 15) is 8.42 Å². The molecule has 0 atom stereocenters. The Bertz CT molecular complexity index is 572. The first-order valence-electron chi connectivity index (χ1n) is 7.29. The van der Waals surface area contributed by atoms with Gasteiger partial charge in [-0.3, -0.25) is 0 Å². The average molecular weight is 294 g/mol. The second-order valence-electron chi connectivity index (χ2n) is 6.14. The molecule has 0 saturated heterocycles. The molecule has 2 aliphatic carbocycles. The largest absolute Gasteiger partial charge is 0.316 e. The number of rotatable bonds is 7. The van der Waals surface area contributed by atoms with E-state index in [4.69, 9.17) is 0 Å². The van der Waals surface area contributed by atoms with E-state index in [1.807, 2.05) is 19.2 Å². The van der Waals surface area contributed by atoms with Crippen LogP contribution in [0.4, 0.5) is 0 Å². The van der Waals surface area contributed by atoms with Crippen LogP contribution in [-0.2, 0) is 16.6 Å². The molecule has 0 bridgehead atoms. The summed E-state index contributed by atoms with van der Waals surface area (Å²) in [5.41, 5.74) is 1.38. The first-order valence-corrected chi connectivity index (χ1v) is 8.77. The third-order valence-electron chi connectivity index (χ3n) is 4.56. The monoisotopic (exact) mass is 294 g/mol. The molecule has 5 heteroatoms. The van der Waals surface area contributed by atoms with Gasteiger partial charge < -0.3 is 5.32 Å². The van der Waals surface area contributed by atoms with E-state index in [2.05, 4.69) is 10.0 Å². The molecule has 2 aliphatic rings. The van der Waals surface area contributed by atoms with Crippen molar-refractivity contribution >= 4 is 10.0 Å². The maximum atomic E-state index is 12.3. The van der Waals surface area contributed by atoms with Gasteiger partial charge in [0.15, 0.2) is 0 Å². The number of hydrogen-bond acceptors (Lipinski definition) is 3. The minimum atomic E-state index is -3.36. The molecule has 0 radical (unpaired) electrons. The zero-order valence-corrected chi connectivity index (χ0v) is 12.7. The molecule has 1 aromatic rings. The quantitative estimate of drug-likeness (QED) is 0.807. The van der Waals surface area contributed by atoms with Crippen molar-refractivity contribution in [3.63, 3.8) is 0 Å². The summed E-state index contributed by atoms with van der Waals surface area (Å²) in [5.74, 6) is 0.767. The van der Waals surface area contributed by atoms with Gasteiger partial charge in [-0.1, -0.05) is 12.1 Å². The molecule has 110 valence electrons. The Hall–Kier alpha value is -0.910. The van der Waals surface area contributed by atoms with Gasteiger partial charge in [-0.05, 0) is 61.8 Å². The maximum Gasteiger partial charge on any atom is 0.240 e. The zero-order valence-electron chi connectivity index (χ0n) is 11.9.